The third-order valence-corrected chi connectivity index (χ3v) is 4.08. The van der Waals surface area contributed by atoms with E-state index in [2.05, 4.69) is 5.32 Å². The highest BCUT2D eigenvalue weighted by Gasteiger charge is 2.31. The lowest BCUT2D eigenvalue weighted by Gasteiger charge is -2.20. The fourth-order valence-electron chi connectivity index (χ4n) is 2.80. The lowest BCUT2D eigenvalue weighted by atomic mass is 9.99. The van der Waals surface area contributed by atoms with E-state index in [-0.39, 0.29) is 35.8 Å². The number of ether oxygens (including phenoxy) is 1. The molecule has 29 heavy (non-hydrogen) atoms. The van der Waals surface area contributed by atoms with E-state index in [9.17, 15) is 22.8 Å². The molecule has 0 fully saturated rings. The van der Waals surface area contributed by atoms with E-state index < -0.39 is 11.7 Å². The van der Waals surface area contributed by atoms with Gasteiger partial charge in [-0.2, -0.15) is 13.2 Å². The zero-order valence-corrected chi connectivity index (χ0v) is 16.8. The quantitative estimate of drug-likeness (QED) is 0.762. The van der Waals surface area contributed by atoms with E-state index in [0.717, 1.165) is 12.1 Å². The summed E-state index contributed by atoms with van der Waals surface area (Å²) in [7, 11) is 1.26. The van der Waals surface area contributed by atoms with Gasteiger partial charge in [0.25, 0.3) is 5.91 Å². The number of carbonyl (C=O) groups excluding carboxylic acids is 2. The third-order valence-electron chi connectivity index (χ3n) is 4.08. The monoisotopic (exact) mass is 407 g/mol. The average Bonchev–Trinajstić information content (AvgIpc) is 2.59. The number of hydrogen-bond donors (Lipinski definition) is 1. The zero-order chi connectivity index (χ0) is 21.8. The van der Waals surface area contributed by atoms with E-state index >= 15 is 0 Å². The number of ketones is 1. The van der Waals surface area contributed by atoms with Crippen LogP contribution >= 0.6 is 0 Å². The van der Waals surface area contributed by atoms with Gasteiger partial charge in [-0.1, -0.05) is 18.2 Å². The molecular formula is C22H24F3NO3. The largest absolute Gasteiger partial charge is 0.496 e. The van der Waals surface area contributed by atoms with Gasteiger partial charge < -0.3 is 10.1 Å². The molecule has 0 heterocycles. The summed E-state index contributed by atoms with van der Waals surface area (Å²) in [5.74, 6) is -0.417. The molecule has 0 bridgehead atoms. The summed E-state index contributed by atoms with van der Waals surface area (Å²) in [6.07, 6.45) is -4.50. The predicted molar refractivity (Wildman–Crippen MR) is 104 cm³/mol. The number of nitrogens with one attached hydrogen (secondary N) is 1. The van der Waals surface area contributed by atoms with E-state index in [1.165, 1.54) is 13.2 Å². The van der Waals surface area contributed by atoms with Crippen molar-refractivity contribution >= 4 is 11.7 Å². The van der Waals surface area contributed by atoms with Gasteiger partial charge in [0.1, 0.15) is 11.5 Å². The highest BCUT2D eigenvalue weighted by Crippen LogP contribution is 2.33. The molecule has 0 aliphatic heterocycles. The van der Waals surface area contributed by atoms with Gasteiger partial charge in [-0.25, -0.2) is 0 Å². The van der Waals surface area contributed by atoms with E-state index in [4.69, 9.17) is 4.74 Å². The predicted octanol–water partition coefficient (Wildman–Crippen LogP) is 4.60. The number of rotatable bonds is 6. The first-order chi connectivity index (χ1) is 13.4. The summed E-state index contributed by atoms with van der Waals surface area (Å²) in [6.45, 7) is 5.61. The fraction of sp³-hybridized carbons (Fsp3) is 0.364. The number of hydrogen-bond acceptors (Lipinski definition) is 3. The molecule has 7 heteroatoms. The molecule has 2 aromatic carbocycles. The number of halogens is 3. The van der Waals surface area contributed by atoms with Crippen LogP contribution in [-0.2, 0) is 23.8 Å². The number of Topliss-reactive ketones (excluding diaryl/α,β-unsaturated/α-hetero) is 1. The van der Waals surface area contributed by atoms with Crippen molar-refractivity contribution in [3.63, 3.8) is 0 Å². The van der Waals surface area contributed by atoms with Crippen LogP contribution in [0.2, 0.25) is 0 Å². The van der Waals surface area contributed by atoms with Crippen molar-refractivity contribution in [2.24, 2.45) is 0 Å². The van der Waals surface area contributed by atoms with Gasteiger partial charge >= 0.3 is 6.18 Å². The lowest BCUT2D eigenvalue weighted by Crippen LogP contribution is -2.40. The van der Waals surface area contributed by atoms with Crippen molar-refractivity contribution in [2.75, 3.05) is 7.11 Å². The SMILES string of the molecule is COc1cc(C(F)(F)F)ccc1CC(=O)Cc1cccc(C(=O)NC(C)(C)C)c1. The Morgan fingerprint density at radius 3 is 2.28 bits per heavy atom. The third kappa shape index (κ3) is 6.62. The normalized spacial score (nSPS) is 11.8. The molecule has 0 radical (unpaired) electrons. The van der Waals surface area contributed by atoms with Crippen LogP contribution in [0.5, 0.6) is 5.75 Å². The van der Waals surface area contributed by atoms with Crippen molar-refractivity contribution in [2.45, 2.75) is 45.3 Å². The van der Waals surface area contributed by atoms with Crippen LogP contribution in [0.3, 0.4) is 0 Å². The number of carbonyl (C=O) groups is 2. The smallest absolute Gasteiger partial charge is 0.416 e. The molecule has 0 aromatic heterocycles. The van der Waals surface area contributed by atoms with Crippen LogP contribution in [-0.4, -0.2) is 24.3 Å². The highest BCUT2D eigenvalue weighted by atomic mass is 19.4. The molecule has 0 spiro atoms. The van der Waals surface area contributed by atoms with Crippen LogP contribution in [0, 0.1) is 0 Å². The van der Waals surface area contributed by atoms with E-state index in [0.29, 0.717) is 16.7 Å². The number of methoxy groups -OCH3 is 1. The molecule has 0 unspecified atom stereocenters. The molecule has 156 valence electrons. The molecule has 0 aliphatic rings. The second-order valence-corrected chi connectivity index (χ2v) is 7.82. The van der Waals surface area contributed by atoms with Gasteiger partial charge in [0.15, 0.2) is 0 Å². The topological polar surface area (TPSA) is 55.4 Å². The maximum atomic E-state index is 12.8. The van der Waals surface area contributed by atoms with Gasteiger partial charge in [0.2, 0.25) is 0 Å². The van der Waals surface area contributed by atoms with Crippen LogP contribution in [0.25, 0.3) is 0 Å². The maximum Gasteiger partial charge on any atom is 0.416 e. The summed E-state index contributed by atoms with van der Waals surface area (Å²) >= 11 is 0. The van der Waals surface area contributed by atoms with E-state index in [1.807, 2.05) is 20.8 Å². The molecular weight excluding hydrogens is 383 g/mol. The van der Waals surface area contributed by atoms with Crippen LogP contribution in [0.1, 0.15) is 47.8 Å². The average molecular weight is 407 g/mol. The van der Waals surface area contributed by atoms with Crippen LogP contribution < -0.4 is 10.1 Å². The van der Waals surface area contributed by atoms with Crippen LogP contribution in [0.15, 0.2) is 42.5 Å². The van der Waals surface area contributed by atoms with Gasteiger partial charge in [-0.15, -0.1) is 0 Å². The first-order valence-electron chi connectivity index (χ1n) is 9.06. The second kappa shape index (κ2) is 8.68. The molecule has 1 N–H and O–H groups in total. The Labute approximate surface area is 168 Å². The second-order valence-electron chi connectivity index (χ2n) is 7.82. The molecule has 0 saturated carbocycles. The molecule has 0 atom stereocenters. The standard InChI is InChI=1S/C22H24F3NO3/c1-21(2,3)26-20(28)16-7-5-6-14(10-16)11-18(27)12-15-8-9-17(22(23,24)25)13-19(15)29-4/h5-10,13H,11-12H2,1-4H3,(H,26,28). The molecule has 0 aliphatic carbocycles. The molecule has 2 rings (SSSR count). The summed E-state index contributed by atoms with van der Waals surface area (Å²) in [5.41, 5.74) is 0.261. The molecule has 0 saturated heterocycles. The Morgan fingerprint density at radius 1 is 1.00 bits per heavy atom. The lowest BCUT2D eigenvalue weighted by molar-refractivity contribution is -0.137. The van der Waals surface area contributed by atoms with Crippen molar-refractivity contribution in [1.29, 1.82) is 0 Å². The Balaban J connectivity index is 2.12. The van der Waals surface area contributed by atoms with Crippen molar-refractivity contribution < 1.29 is 27.5 Å². The Hall–Kier alpha value is -2.83. The van der Waals surface area contributed by atoms with Gasteiger partial charge in [0, 0.05) is 29.5 Å². The highest BCUT2D eigenvalue weighted by molar-refractivity contribution is 5.95. The first kappa shape index (κ1) is 22.5. The van der Waals surface area contributed by atoms with Crippen molar-refractivity contribution in [3.8, 4) is 5.75 Å². The van der Waals surface area contributed by atoms with E-state index in [1.54, 1.807) is 24.3 Å². The number of alkyl halides is 3. The first-order valence-corrected chi connectivity index (χ1v) is 9.06. The summed E-state index contributed by atoms with van der Waals surface area (Å²) in [6, 6.07) is 9.81. The van der Waals surface area contributed by atoms with Gasteiger partial charge in [0.05, 0.1) is 12.7 Å². The Morgan fingerprint density at radius 2 is 1.69 bits per heavy atom. The van der Waals surface area contributed by atoms with Gasteiger partial charge in [-0.05, 0) is 50.6 Å². The minimum Gasteiger partial charge on any atom is -0.496 e. The summed E-state index contributed by atoms with van der Waals surface area (Å²) in [4.78, 5) is 24.7. The molecule has 2 aromatic rings. The van der Waals surface area contributed by atoms with Gasteiger partial charge in [-0.3, -0.25) is 9.59 Å². The maximum absolute atomic E-state index is 12.8. The fourth-order valence-corrected chi connectivity index (χ4v) is 2.80. The summed E-state index contributed by atoms with van der Waals surface area (Å²) in [5, 5.41) is 2.86. The number of amides is 1. The van der Waals surface area contributed by atoms with Crippen LogP contribution in [0.4, 0.5) is 13.2 Å². The minimum absolute atomic E-state index is 0.0199. The Bertz CT molecular complexity index is 899. The molecule has 1 amide bonds. The Kier molecular flexibility index (Phi) is 6.72. The minimum atomic E-state index is -4.48. The van der Waals surface area contributed by atoms with Crippen molar-refractivity contribution in [1.82, 2.24) is 5.32 Å². The molecule has 4 nitrogen and oxygen atoms in total. The van der Waals surface area contributed by atoms with Crippen molar-refractivity contribution in [3.05, 3.63) is 64.7 Å². The summed E-state index contributed by atoms with van der Waals surface area (Å²) < 4.78 is 43.5. The zero-order valence-electron chi connectivity index (χ0n) is 16.8. The number of benzene rings is 2.